The van der Waals surface area contributed by atoms with Crippen LogP contribution >= 0.6 is 15.9 Å². The van der Waals surface area contributed by atoms with Gasteiger partial charge in [-0.15, -0.1) is 0 Å². The van der Waals surface area contributed by atoms with E-state index in [-0.39, 0.29) is 5.91 Å². The van der Waals surface area contributed by atoms with Crippen LogP contribution in [0.2, 0.25) is 0 Å². The molecule has 2 N–H and O–H groups in total. The smallest absolute Gasteiger partial charge is 0.251 e. The second kappa shape index (κ2) is 6.31. The predicted octanol–water partition coefficient (Wildman–Crippen LogP) is 3.74. The summed E-state index contributed by atoms with van der Waals surface area (Å²) in [6.45, 7) is 1.53. The number of rotatable bonds is 3. The SMILES string of the molecule is O=C(NCc1ccc(Br)cc1)c1cccc2c1CCCN2. The van der Waals surface area contributed by atoms with Crippen LogP contribution in [-0.2, 0) is 13.0 Å². The molecule has 0 spiro atoms. The first kappa shape index (κ1) is 14.1. The minimum absolute atomic E-state index is 0.00142. The fraction of sp³-hybridized carbons (Fsp3) is 0.235. The van der Waals surface area contributed by atoms with E-state index in [1.54, 1.807) is 0 Å². The maximum atomic E-state index is 12.4. The van der Waals surface area contributed by atoms with E-state index in [2.05, 4.69) is 26.6 Å². The number of benzene rings is 2. The molecule has 0 atom stereocenters. The fourth-order valence-corrected chi connectivity index (χ4v) is 2.87. The Morgan fingerprint density at radius 2 is 2.00 bits per heavy atom. The van der Waals surface area contributed by atoms with Gasteiger partial charge in [0.15, 0.2) is 0 Å². The molecule has 0 aliphatic carbocycles. The summed E-state index contributed by atoms with van der Waals surface area (Å²) in [5.41, 5.74) is 4.11. The molecular weight excluding hydrogens is 328 g/mol. The first-order valence-corrected chi connectivity index (χ1v) is 7.92. The Balaban J connectivity index is 1.72. The average Bonchev–Trinajstić information content (AvgIpc) is 2.53. The molecule has 0 saturated carbocycles. The molecule has 108 valence electrons. The van der Waals surface area contributed by atoms with Crippen LogP contribution in [0.4, 0.5) is 5.69 Å². The summed E-state index contributed by atoms with van der Waals surface area (Å²) >= 11 is 3.41. The lowest BCUT2D eigenvalue weighted by atomic mass is 9.97. The van der Waals surface area contributed by atoms with Gasteiger partial charge in [0.2, 0.25) is 0 Å². The van der Waals surface area contributed by atoms with Gasteiger partial charge in [-0.3, -0.25) is 4.79 Å². The third kappa shape index (κ3) is 3.27. The van der Waals surface area contributed by atoms with Crippen LogP contribution in [0, 0.1) is 0 Å². The number of carbonyl (C=O) groups is 1. The van der Waals surface area contributed by atoms with Gasteiger partial charge >= 0.3 is 0 Å². The molecule has 0 fully saturated rings. The Bertz CT molecular complexity index is 652. The standard InChI is InChI=1S/C17H17BrN2O/c18-13-8-6-12(7-9-13)11-20-17(21)15-3-1-5-16-14(15)4-2-10-19-16/h1,3,5-9,19H,2,4,10-11H2,(H,20,21). The second-order valence-electron chi connectivity index (χ2n) is 5.17. The third-order valence-electron chi connectivity index (χ3n) is 3.71. The van der Waals surface area contributed by atoms with Crippen molar-refractivity contribution in [1.29, 1.82) is 0 Å². The topological polar surface area (TPSA) is 41.1 Å². The lowest BCUT2D eigenvalue weighted by molar-refractivity contribution is 0.0950. The van der Waals surface area contributed by atoms with Gasteiger partial charge in [0.1, 0.15) is 0 Å². The minimum atomic E-state index is -0.00142. The van der Waals surface area contributed by atoms with Crippen molar-refractivity contribution in [2.24, 2.45) is 0 Å². The first-order chi connectivity index (χ1) is 10.2. The van der Waals surface area contributed by atoms with E-state index in [0.29, 0.717) is 6.54 Å². The maximum Gasteiger partial charge on any atom is 0.251 e. The summed E-state index contributed by atoms with van der Waals surface area (Å²) in [6, 6.07) is 13.9. The Morgan fingerprint density at radius 3 is 2.81 bits per heavy atom. The molecule has 0 radical (unpaired) electrons. The molecule has 0 aromatic heterocycles. The zero-order valence-corrected chi connectivity index (χ0v) is 13.2. The monoisotopic (exact) mass is 344 g/mol. The fourth-order valence-electron chi connectivity index (χ4n) is 2.60. The second-order valence-corrected chi connectivity index (χ2v) is 6.09. The van der Waals surface area contributed by atoms with Gasteiger partial charge in [-0.1, -0.05) is 34.1 Å². The molecule has 2 aromatic rings. The number of amides is 1. The maximum absolute atomic E-state index is 12.4. The Labute approximate surface area is 132 Å². The van der Waals surface area contributed by atoms with Gasteiger partial charge in [0.05, 0.1) is 0 Å². The van der Waals surface area contributed by atoms with Crippen molar-refractivity contribution in [3.63, 3.8) is 0 Å². The van der Waals surface area contributed by atoms with Gasteiger partial charge in [-0.05, 0) is 48.2 Å². The Hall–Kier alpha value is -1.81. The zero-order valence-electron chi connectivity index (χ0n) is 11.7. The van der Waals surface area contributed by atoms with Gasteiger partial charge in [-0.25, -0.2) is 0 Å². The highest BCUT2D eigenvalue weighted by Crippen LogP contribution is 2.25. The van der Waals surface area contributed by atoms with Crippen molar-refractivity contribution in [3.8, 4) is 0 Å². The van der Waals surface area contributed by atoms with E-state index in [9.17, 15) is 4.79 Å². The van der Waals surface area contributed by atoms with E-state index in [1.165, 1.54) is 0 Å². The van der Waals surface area contributed by atoms with Crippen LogP contribution in [0.3, 0.4) is 0 Å². The Kier molecular flexibility index (Phi) is 4.25. The van der Waals surface area contributed by atoms with Crippen molar-refractivity contribution in [2.45, 2.75) is 19.4 Å². The number of carbonyl (C=O) groups excluding carboxylic acids is 1. The highest BCUT2D eigenvalue weighted by atomic mass is 79.9. The summed E-state index contributed by atoms with van der Waals surface area (Å²) in [4.78, 5) is 12.4. The lowest BCUT2D eigenvalue weighted by Crippen LogP contribution is -2.25. The summed E-state index contributed by atoms with van der Waals surface area (Å²) in [5, 5.41) is 6.36. The number of nitrogens with one attached hydrogen (secondary N) is 2. The predicted molar refractivity (Wildman–Crippen MR) is 88.6 cm³/mol. The molecule has 1 aliphatic rings. The molecule has 21 heavy (non-hydrogen) atoms. The molecule has 1 amide bonds. The normalized spacial score (nSPS) is 13.2. The average molecular weight is 345 g/mol. The van der Waals surface area contributed by atoms with E-state index >= 15 is 0 Å². The van der Waals surface area contributed by atoms with Crippen LogP contribution in [0.15, 0.2) is 46.9 Å². The molecule has 3 rings (SSSR count). The van der Waals surface area contributed by atoms with Crippen LogP contribution in [0.1, 0.15) is 27.9 Å². The van der Waals surface area contributed by atoms with E-state index in [0.717, 1.165) is 46.2 Å². The molecule has 0 bridgehead atoms. The highest BCUT2D eigenvalue weighted by molar-refractivity contribution is 9.10. The molecule has 0 saturated heterocycles. The van der Waals surface area contributed by atoms with Crippen molar-refractivity contribution < 1.29 is 4.79 Å². The molecule has 4 heteroatoms. The van der Waals surface area contributed by atoms with Crippen LogP contribution in [-0.4, -0.2) is 12.5 Å². The van der Waals surface area contributed by atoms with Crippen LogP contribution < -0.4 is 10.6 Å². The number of fused-ring (bicyclic) bond motifs is 1. The van der Waals surface area contributed by atoms with Crippen molar-refractivity contribution in [3.05, 3.63) is 63.6 Å². The van der Waals surface area contributed by atoms with Gasteiger partial charge in [0.25, 0.3) is 5.91 Å². The number of hydrogen-bond acceptors (Lipinski definition) is 2. The minimum Gasteiger partial charge on any atom is -0.385 e. The largest absolute Gasteiger partial charge is 0.385 e. The quantitative estimate of drug-likeness (QED) is 0.890. The van der Waals surface area contributed by atoms with Crippen LogP contribution in [0.25, 0.3) is 0 Å². The Morgan fingerprint density at radius 1 is 1.19 bits per heavy atom. The molecular formula is C17H17BrN2O. The number of anilines is 1. The number of halogens is 1. The first-order valence-electron chi connectivity index (χ1n) is 7.12. The van der Waals surface area contributed by atoms with E-state index < -0.39 is 0 Å². The molecule has 1 aliphatic heterocycles. The lowest BCUT2D eigenvalue weighted by Gasteiger charge is -2.20. The summed E-state index contributed by atoms with van der Waals surface area (Å²) in [5.74, 6) is -0.00142. The van der Waals surface area contributed by atoms with Crippen LogP contribution in [0.5, 0.6) is 0 Å². The third-order valence-corrected chi connectivity index (χ3v) is 4.23. The number of hydrogen-bond donors (Lipinski definition) is 2. The summed E-state index contributed by atoms with van der Waals surface area (Å²) < 4.78 is 1.04. The molecule has 3 nitrogen and oxygen atoms in total. The molecule has 1 heterocycles. The molecule has 0 unspecified atom stereocenters. The van der Waals surface area contributed by atoms with E-state index in [4.69, 9.17) is 0 Å². The van der Waals surface area contributed by atoms with Gasteiger partial charge in [0, 0.05) is 28.8 Å². The highest BCUT2D eigenvalue weighted by Gasteiger charge is 2.16. The van der Waals surface area contributed by atoms with Crippen molar-refractivity contribution in [2.75, 3.05) is 11.9 Å². The zero-order chi connectivity index (χ0) is 14.7. The van der Waals surface area contributed by atoms with E-state index in [1.807, 2.05) is 42.5 Å². The summed E-state index contributed by atoms with van der Waals surface area (Å²) in [7, 11) is 0. The molecule has 2 aromatic carbocycles. The van der Waals surface area contributed by atoms with Crippen molar-refractivity contribution in [1.82, 2.24) is 5.32 Å². The van der Waals surface area contributed by atoms with Crippen molar-refractivity contribution >= 4 is 27.5 Å². The van der Waals surface area contributed by atoms with Gasteiger partial charge < -0.3 is 10.6 Å². The van der Waals surface area contributed by atoms with Gasteiger partial charge in [-0.2, -0.15) is 0 Å². The summed E-state index contributed by atoms with van der Waals surface area (Å²) in [6.07, 6.45) is 2.04.